The Bertz CT molecular complexity index is 644. The number of hydrogen-bond acceptors (Lipinski definition) is 6. The number of likely N-dealkylation sites (tertiary alicyclic amines) is 1. The van der Waals surface area contributed by atoms with Crippen molar-refractivity contribution < 1.29 is 23.5 Å². The summed E-state index contributed by atoms with van der Waals surface area (Å²) < 4.78 is 15.7. The van der Waals surface area contributed by atoms with Crippen LogP contribution in [0, 0.1) is 11.3 Å². The van der Waals surface area contributed by atoms with Crippen LogP contribution in [-0.4, -0.2) is 41.3 Å². The number of amides is 1. The summed E-state index contributed by atoms with van der Waals surface area (Å²) in [5, 5.41) is 9.28. The predicted octanol–water partition coefficient (Wildman–Crippen LogP) is 2.51. The number of carbonyl (C=O) groups excluding carboxylic acids is 2. The van der Waals surface area contributed by atoms with E-state index in [4.69, 9.17) is 13.9 Å². The molecule has 2 rings (SSSR count). The van der Waals surface area contributed by atoms with Gasteiger partial charge in [0.1, 0.15) is 17.4 Å². The normalized spacial score (nSPS) is 16.2. The van der Waals surface area contributed by atoms with Crippen LogP contribution in [0.5, 0.6) is 0 Å². The molecule has 0 aliphatic carbocycles. The van der Waals surface area contributed by atoms with Crippen molar-refractivity contribution in [1.82, 2.24) is 4.90 Å². The van der Waals surface area contributed by atoms with Crippen molar-refractivity contribution in [3.63, 3.8) is 0 Å². The standard InChI is InChI=1S/C16H20N2O5/c1-5-11-6-7-12(21-11)13(19)22-16(8-17)9-18(10-16)14(20)23-15(2,3)4/h6-7H,5,9-10H2,1-4H3. The third kappa shape index (κ3) is 3.83. The van der Waals surface area contributed by atoms with Crippen LogP contribution in [0.4, 0.5) is 4.79 Å². The smallest absolute Gasteiger partial charge is 0.410 e. The quantitative estimate of drug-likeness (QED) is 0.794. The van der Waals surface area contributed by atoms with Crippen LogP contribution < -0.4 is 0 Å². The van der Waals surface area contributed by atoms with E-state index in [1.165, 1.54) is 11.0 Å². The highest BCUT2D eigenvalue weighted by atomic mass is 16.6. The molecule has 2 heterocycles. The van der Waals surface area contributed by atoms with E-state index in [1.54, 1.807) is 26.8 Å². The Morgan fingerprint density at radius 1 is 1.39 bits per heavy atom. The zero-order valence-corrected chi connectivity index (χ0v) is 13.7. The van der Waals surface area contributed by atoms with E-state index in [0.29, 0.717) is 12.2 Å². The molecular formula is C16H20N2O5. The number of aryl methyl sites for hydroxylation is 1. The minimum absolute atomic E-state index is 0.0223. The summed E-state index contributed by atoms with van der Waals surface area (Å²) in [5.74, 6) is -0.00534. The second-order valence-electron chi connectivity index (χ2n) is 6.45. The number of rotatable bonds is 3. The molecule has 1 aliphatic heterocycles. The van der Waals surface area contributed by atoms with Gasteiger partial charge in [-0.2, -0.15) is 5.26 Å². The molecule has 7 nitrogen and oxygen atoms in total. The Kier molecular flexibility index (Phi) is 4.37. The first-order valence-electron chi connectivity index (χ1n) is 7.39. The molecule has 1 aromatic heterocycles. The third-order valence-corrected chi connectivity index (χ3v) is 3.25. The van der Waals surface area contributed by atoms with Gasteiger partial charge in [-0.3, -0.25) is 4.90 Å². The van der Waals surface area contributed by atoms with Gasteiger partial charge >= 0.3 is 12.1 Å². The molecule has 0 N–H and O–H groups in total. The molecule has 0 radical (unpaired) electrons. The molecule has 1 aliphatic rings. The minimum Gasteiger partial charge on any atom is -0.454 e. The molecule has 0 aromatic carbocycles. The lowest BCUT2D eigenvalue weighted by atomic mass is 9.96. The molecule has 7 heteroatoms. The Morgan fingerprint density at radius 2 is 2.04 bits per heavy atom. The lowest BCUT2D eigenvalue weighted by Crippen LogP contribution is -2.65. The molecule has 124 valence electrons. The molecule has 23 heavy (non-hydrogen) atoms. The second kappa shape index (κ2) is 5.95. The van der Waals surface area contributed by atoms with Gasteiger partial charge < -0.3 is 13.9 Å². The van der Waals surface area contributed by atoms with Crippen LogP contribution in [0.1, 0.15) is 44.0 Å². The fraction of sp³-hybridized carbons (Fsp3) is 0.562. The Labute approximate surface area is 134 Å². The van der Waals surface area contributed by atoms with E-state index in [0.717, 1.165) is 0 Å². The lowest BCUT2D eigenvalue weighted by Gasteiger charge is -2.44. The first-order valence-corrected chi connectivity index (χ1v) is 7.39. The van der Waals surface area contributed by atoms with Gasteiger partial charge in [-0.25, -0.2) is 9.59 Å². The fourth-order valence-electron chi connectivity index (χ4n) is 2.09. The fourth-order valence-corrected chi connectivity index (χ4v) is 2.09. The monoisotopic (exact) mass is 320 g/mol. The average molecular weight is 320 g/mol. The van der Waals surface area contributed by atoms with E-state index in [2.05, 4.69) is 0 Å². The van der Waals surface area contributed by atoms with Gasteiger partial charge in [-0.15, -0.1) is 0 Å². The summed E-state index contributed by atoms with van der Waals surface area (Å²) >= 11 is 0. The predicted molar refractivity (Wildman–Crippen MR) is 79.7 cm³/mol. The SMILES string of the molecule is CCc1ccc(C(=O)OC2(C#N)CN(C(=O)OC(C)(C)C)C2)o1. The van der Waals surface area contributed by atoms with Crippen LogP contribution in [0.2, 0.25) is 0 Å². The number of esters is 1. The van der Waals surface area contributed by atoms with Crippen molar-refractivity contribution in [2.45, 2.75) is 45.3 Å². The van der Waals surface area contributed by atoms with Crippen molar-refractivity contribution in [2.75, 3.05) is 13.1 Å². The summed E-state index contributed by atoms with van der Waals surface area (Å²) in [6.45, 7) is 7.12. The number of carbonyl (C=O) groups is 2. The molecule has 0 saturated carbocycles. The van der Waals surface area contributed by atoms with Crippen LogP contribution in [0.3, 0.4) is 0 Å². The molecule has 1 aromatic rings. The molecule has 1 saturated heterocycles. The summed E-state index contributed by atoms with van der Waals surface area (Å²) in [6, 6.07) is 5.14. The van der Waals surface area contributed by atoms with Crippen molar-refractivity contribution in [3.8, 4) is 6.07 Å². The Hall–Kier alpha value is -2.49. The van der Waals surface area contributed by atoms with Crippen LogP contribution in [0.25, 0.3) is 0 Å². The highest BCUT2D eigenvalue weighted by molar-refractivity contribution is 5.87. The first-order chi connectivity index (χ1) is 10.7. The third-order valence-electron chi connectivity index (χ3n) is 3.25. The van der Waals surface area contributed by atoms with Gasteiger partial charge in [0, 0.05) is 6.42 Å². The van der Waals surface area contributed by atoms with Crippen molar-refractivity contribution in [3.05, 3.63) is 23.7 Å². The summed E-state index contributed by atoms with van der Waals surface area (Å²) in [4.78, 5) is 25.2. The maximum atomic E-state index is 12.0. The van der Waals surface area contributed by atoms with Gasteiger partial charge in [-0.1, -0.05) is 6.92 Å². The molecule has 1 fully saturated rings. The number of nitrogens with zero attached hydrogens (tertiary/aromatic N) is 2. The van der Waals surface area contributed by atoms with Crippen molar-refractivity contribution in [1.29, 1.82) is 5.26 Å². The van der Waals surface area contributed by atoms with Gasteiger partial charge in [-0.05, 0) is 32.9 Å². The van der Waals surface area contributed by atoms with E-state index >= 15 is 0 Å². The van der Waals surface area contributed by atoms with E-state index in [1.807, 2.05) is 13.0 Å². The van der Waals surface area contributed by atoms with E-state index < -0.39 is 23.3 Å². The zero-order chi connectivity index (χ0) is 17.3. The maximum absolute atomic E-state index is 12.0. The second-order valence-corrected chi connectivity index (χ2v) is 6.45. The molecule has 0 bridgehead atoms. The Morgan fingerprint density at radius 3 is 2.52 bits per heavy atom. The maximum Gasteiger partial charge on any atom is 0.410 e. The summed E-state index contributed by atoms with van der Waals surface area (Å²) in [6.07, 6.45) is 0.119. The topological polar surface area (TPSA) is 92.8 Å². The first kappa shape index (κ1) is 16.9. The number of furan rings is 1. The minimum atomic E-state index is -1.35. The molecule has 1 amide bonds. The number of hydrogen-bond donors (Lipinski definition) is 0. The highest BCUT2D eigenvalue weighted by Gasteiger charge is 2.51. The number of ether oxygens (including phenoxy) is 2. The van der Waals surface area contributed by atoms with Gasteiger partial charge in [0.2, 0.25) is 11.4 Å². The van der Waals surface area contributed by atoms with Crippen LogP contribution in [-0.2, 0) is 15.9 Å². The van der Waals surface area contributed by atoms with E-state index in [9.17, 15) is 14.9 Å². The van der Waals surface area contributed by atoms with Crippen molar-refractivity contribution >= 4 is 12.1 Å². The van der Waals surface area contributed by atoms with Crippen LogP contribution >= 0.6 is 0 Å². The molecule has 0 spiro atoms. The largest absolute Gasteiger partial charge is 0.454 e. The van der Waals surface area contributed by atoms with Crippen LogP contribution in [0.15, 0.2) is 16.5 Å². The van der Waals surface area contributed by atoms with Gasteiger partial charge in [0.15, 0.2) is 0 Å². The molecular weight excluding hydrogens is 300 g/mol. The molecule has 0 atom stereocenters. The summed E-state index contributed by atoms with van der Waals surface area (Å²) in [5.41, 5.74) is -1.98. The average Bonchev–Trinajstić information content (AvgIpc) is 2.89. The number of nitriles is 1. The highest BCUT2D eigenvalue weighted by Crippen LogP contribution is 2.28. The van der Waals surface area contributed by atoms with Gasteiger partial charge in [0.05, 0.1) is 13.1 Å². The lowest BCUT2D eigenvalue weighted by molar-refractivity contribution is -0.0797. The van der Waals surface area contributed by atoms with Gasteiger partial charge in [0.25, 0.3) is 0 Å². The van der Waals surface area contributed by atoms with Crippen molar-refractivity contribution in [2.24, 2.45) is 0 Å². The molecule has 0 unspecified atom stereocenters. The Balaban J connectivity index is 1.96. The zero-order valence-electron chi connectivity index (χ0n) is 13.7. The van der Waals surface area contributed by atoms with E-state index in [-0.39, 0.29) is 18.8 Å². The summed E-state index contributed by atoms with van der Waals surface area (Å²) in [7, 11) is 0.